The molecule has 3 nitrogen and oxygen atoms in total. The van der Waals surface area contributed by atoms with E-state index in [0.717, 1.165) is 0 Å². The molecule has 0 saturated heterocycles. The fourth-order valence-electron chi connectivity index (χ4n) is 1.31. The Balaban J connectivity index is 0.00000196. The monoisotopic (exact) mass is 234 g/mol. The van der Waals surface area contributed by atoms with Gasteiger partial charge in [0.25, 0.3) is 0 Å². The molecule has 0 aliphatic carbocycles. The van der Waals surface area contributed by atoms with Crippen LogP contribution in [0.2, 0.25) is 0 Å². The van der Waals surface area contributed by atoms with E-state index in [0.29, 0.717) is 18.5 Å². The molecule has 0 fully saturated rings. The molecule has 0 amide bonds. The smallest absolute Gasteiger partial charge is 0.169 e. The lowest BCUT2D eigenvalue weighted by Gasteiger charge is -2.13. The van der Waals surface area contributed by atoms with Gasteiger partial charge in [0.1, 0.15) is 0 Å². The first-order valence-electron chi connectivity index (χ1n) is 4.48. The molecule has 0 unspecified atom stereocenters. The Morgan fingerprint density at radius 1 is 1.47 bits per heavy atom. The summed E-state index contributed by atoms with van der Waals surface area (Å²) in [6.45, 7) is 0.442. The summed E-state index contributed by atoms with van der Waals surface area (Å²) in [5.41, 5.74) is 11.6. The predicted octanol–water partition coefficient (Wildman–Crippen LogP) is 1.60. The molecule has 1 aromatic rings. The van der Waals surface area contributed by atoms with E-state index in [9.17, 15) is 4.39 Å². The zero-order valence-corrected chi connectivity index (χ0v) is 9.39. The van der Waals surface area contributed by atoms with Crippen LogP contribution in [0.5, 0.6) is 5.75 Å². The van der Waals surface area contributed by atoms with Crippen molar-refractivity contribution in [1.82, 2.24) is 0 Å². The van der Waals surface area contributed by atoms with Gasteiger partial charge in [0.2, 0.25) is 0 Å². The van der Waals surface area contributed by atoms with E-state index < -0.39 is 5.82 Å². The Hall–Kier alpha value is -0.840. The topological polar surface area (TPSA) is 61.3 Å². The van der Waals surface area contributed by atoms with Gasteiger partial charge >= 0.3 is 0 Å². The Labute approximate surface area is 95.0 Å². The van der Waals surface area contributed by atoms with Crippen molar-refractivity contribution >= 4 is 12.4 Å². The second-order valence-corrected chi connectivity index (χ2v) is 3.05. The van der Waals surface area contributed by atoms with Gasteiger partial charge in [-0.25, -0.2) is 4.39 Å². The molecule has 0 bridgehead atoms. The van der Waals surface area contributed by atoms with E-state index in [1.807, 2.05) is 0 Å². The first kappa shape index (κ1) is 14.2. The SMILES string of the molecule is COc1cccc([C@@H](N)CCN)c1F.Cl. The molecule has 0 aliphatic rings. The van der Waals surface area contributed by atoms with Gasteiger partial charge in [0, 0.05) is 11.6 Å². The third-order valence-corrected chi connectivity index (χ3v) is 2.09. The summed E-state index contributed by atoms with van der Waals surface area (Å²) in [4.78, 5) is 0. The molecule has 15 heavy (non-hydrogen) atoms. The number of halogens is 2. The lowest BCUT2D eigenvalue weighted by Crippen LogP contribution is -2.16. The van der Waals surface area contributed by atoms with Crippen LogP contribution in [0.3, 0.4) is 0 Å². The van der Waals surface area contributed by atoms with Gasteiger partial charge in [0.05, 0.1) is 7.11 Å². The van der Waals surface area contributed by atoms with Crippen LogP contribution in [0.1, 0.15) is 18.0 Å². The van der Waals surface area contributed by atoms with E-state index in [-0.39, 0.29) is 24.2 Å². The minimum Gasteiger partial charge on any atom is -0.494 e. The maximum absolute atomic E-state index is 13.6. The average molecular weight is 235 g/mol. The summed E-state index contributed by atoms with van der Waals surface area (Å²) in [7, 11) is 1.43. The second-order valence-electron chi connectivity index (χ2n) is 3.05. The van der Waals surface area contributed by atoms with Crippen LogP contribution in [0.4, 0.5) is 4.39 Å². The maximum atomic E-state index is 13.6. The van der Waals surface area contributed by atoms with Crippen molar-refractivity contribution in [2.75, 3.05) is 13.7 Å². The van der Waals surface area contributed by atoms with E-state index in [1.165, 1.54) is 7.11 Å². The molecule has 0 aromatic heterocycles. The number of nitrogens with two attached hydrogens (primary N) is 2. The highest BCUT2D eigenvalue weighted by Crippen LogP contribution is 2.24. The molecule has 0 spiro atoms. The number of hydrogen-bond donors (Lipinski definition) is 2. The highest BCUT2D eigenvalue weighted by atomic mass is 35.5. The molecule has 0 aliphatic heterocycles. The first-order chi connectivity index (χ1) is 6.70. The zero-order chi connectivity index (χ0) is 10.6. The average Bonchev–Trinajstić information content (AvgIpc) is 2.18. The zero-order valence-electron chi connectivity index (χ0n) is 8.57. The minimum atomic E-state index is -0.393. The number of ether oxygens (including phenoxy) is 1. The highest BCUT2D eigenvalue weighted by Gasteiger charge is 2.13. The molecule has 0 radical (unpaired) electrons. The summed E-state index contributed by atoms with van der Waals surface area (Å²) in [6.07, 6.45) is 0.560. The van der Waals surface area contributed by atoms with Crippen molar-refractivity contribution in [2.45, 2.75) is 12.5 Å². The molecule has 86 valence electrons. The van der Waals surface area contributed by atoms with Crippen LogP contribution in [-0.4, -0.2) is 13.7 Å². The normalized spacial score (nSPS) is 11.7. The molecular formula is C10H16ClFN2O. The van der Waals surface area contributed by atoms with Gasteiger partial charge in [-0.1, -0.05) is 12.1 Å². The van der Waals surface area contributed by atoms with Gasteiger partial charge < -0.3 is 16.2 Å². The van der Waals surface area contributed by atoms with Crippen molar-refractivity contribution in [1.29, 1.82) is 0 Å². The summed E-state index contributed by atoms with van der Waals surface area (Å²) in [5, 5.41) is 0. The number of rotatable bonds is 4. The fourth-order valence-corrected chi connectivity index (χ4v) is 1.31. The molecule has 5 heteroatoms. The quantitative estimate of drug-likeness (QED) is 0.832. The summed E-state index contributed by atoms with van der Waals surface area (Å²) >= 11 is 0. The van der Waals surface area contributed by atoms with Gasteiger partial charge in [0.15, 0.2) is 11.6 Å². The van der Waals surface area contributed by atoms with Crippen LogP contribution in [-0.2, 0) is 0 Å². The van der Waals surface area contributed by atoms with Crippen LogP contribution >= 0.6 is 12.4 Å². The third-order valence-electron chi connectivity index (χ3n) is 2.09. The molecule has 0 saturated carbocycles. The summed E-state index contributed by atoms with van der Waals surface area (Å²) in [5.74, 6) is -0.175. The first-order valence-corrected chi connectivity index (χ1v) is 4.48. The van der Waals surface area contributed by atoms with Crippen molar-refractivity contribution in [2.24, 2.45) is 11.5 Å². The number of hydrogen-bond acceptors (Lipinski definition) is 3. The summed E-state index contributed by atoms with van der Waals surface area (Å²) < 4.78 is 18.5. The molecule has 0 heterocycles. The Kier molecular flexibility index (Phi) is 6.24. The van der Waals surface area contributed by atoms with Crippen LogP contribution < -0.4 is 16.2 Å². The molecule has 1 rings (SSSR count). The number of methoxy groups -OCH3 is 1. The minimum absolute atomic E-state index is 0. The van der Waals surface area contributed by atoms with Crippen molar-refractivity contribution in [3.05, 3.63) is 29.6 Å². The van der Waals surface area contributed by atoms with E-state index in [4.69, 9.17) is 16.2 Å². The fraction of sp³-hybridized carbons (Fsp3) is 0.400. The van der Waals surface area contributed by atoms with E-state index in [1.54, 1.807) is 18.2 Å². The molecule has 4 N–H and O–H groups in total. The molecule has 1 atom stereocenters. The van der Waals surface area contributed by atoms with Gasteiger partial charge in [-0.2, -0.15) is 0 Å². The van der Waals surface area contributed by atoms with Gasteiger partial charge in [-0.3, -0.25) is 0 Å². The van der Waals surface area contributed by atoms with E-state index >= 15 is 0 Å². The lowest BCUT2D eigenvalue weighted by molar-refractivity contribution is 0.382. The predicted molar refractivity (Wildman–Crippen MR) is 60.8 cm³/mol. The Morgan fingerprint density at radius 2 is 2.13 bits per heavy atom. The van der Waals surface area contributed by atoms with Crippen LogP contribution in [0.15, 0.2) is 18.2 Å². The second kappa shape index (κ2) is 6.61. The van der Waals surface area contributed by atoms with Gasteiger partial charge in [-0.05, 0) is 19.0 Å². The van der Waals surface area contributed by atoms with Gasteiger partial charge in [-0.15, -0.1) is 12.4 Å². The third kappa shape index (κ3) is 3.34. The standard InChI is InChI=1S/C10H15FN2O.ClH/c1-14-9-4-2-3-7(10(9)11)8(13)5-6-12;/h2-4,8H,5-6,12-13H2,1H3;1H/t8-;/m0./s1. The Morgan fingerprint density at radius 3 is 2.67 bits per heavy atom. The molecular weight excluding hydrogens is 219 g/mol. The van der Waals surface area contributed by atoms with Crippen molar-refractivity contribution in [3.8, 4) is 5.75 Å². The molecule has 1 aromatic carbocycles. The van der Waals surface area contributed by atoms with E-state index in [2.05, 4.69) is 0 Å². The largest absolute Gasteiger partial charge is 0.494 e. The van der Waals surface area contributed by atoms with Crippen LogP contribution in [0, 0.1) is 5.82 Å². The Bertz CT molecular complexity index is 309. The van der Waals surface area contributed by atoms with Crippen LogP contribution in [0.25, 0.3) is 0 Å². The lowest BCUT2D eigenvalue weighted by atomic mass is 10.0. The van der Waals surface area contributed by atoms with Crippen molar-refractivity contribution < 1.29 is 9.13 Å². The maximum Gasteiger partial charge on any atom is 0.169 e. The summed E-state index contributed by atoms with van der Waals surface area (Å²) in [6, 6.07) is 4.56. The van der Waals surface area contributed by atoms with Crippen molar-refractivity contribution in [3.63, 3.8) is 0 Å². The number of benzene rings is 1. The highest BCUT2D eigenvalue weighted by molar-refractivity contribution is 5.85.